The predicted molar refractivity (Wildman–Crippen MR) is 82.8 cm³/mol. The van der Waals surface area contributed by atoms with Crippen LogP contribution in [-0.2, 0) is 9.53 Å². The van der Waals surface area contributed by atoms with Gasteiger partial charge in [0.05, 0.1) is 11.6 Å². The molecule has 1 heterocycles. The van der Waals surface area contributed by atoms with E-state index in [0.717, 1.165) is 0 Å². The molecule has 0 unspecified atom stereocenters. The Hall–Kier alpha value is -2.02. The van der Waals surface area contributed by atoms with Crippen LogP contribution in [0, 0.1) is 5.82 Å². The molecule has 118 valence electrons. The van der Waals surface area contributed by atoms with E-state index in [0.29, 0.717) is 29.2 Å². The number of halogens is 1. The third-order valence-electron chi connectivity index (χ3n) is 3.21. The minimum absolute atomic E-state index is 0.293. The van der Waals surface area contributed by atoms with E-state index in [1.807, 2.05) is 6.26 Å². The Morgan fingerprint density at radius 2 is 2.05 bits per heavy atom. The minimum atomic E-state index is -0.656. The maximum absolute atomic E-state index is 13.1. The van der Waals surface area contributed by atoms with E-state index in [9.17, 15) is 14.0 Å². The average Bonchev–Trinajstić information content (AvgIpc) is 2.47. The summed E-state index contributed by atoms with van der Waals surface area (Å²) >= 11 is 1.57. The van der Waals surface area contributed by atoms with Crippen molar-refractivity contribution < 1.29 is 18.7 Å². The van der Waals surface area contributed by atoms with Crippen LogP contribution in [0.4, 0.5) is 9.18 Å². The first-order valence-electron chi connectivity index (χ1n) is 6.72. The molecule has 0 radical (unpaired) electrons. The highest BCUT2D eigenvalue weighted by Gasteiger charge is 2.32. The van der Waals surface area contributed by atoms with E-state index in [1.54, 1.807) is 18.7 Å². The summed E-state index contributed by atoms with van der Waals surface area (Å²) in [7, 11) is 0. The number of esters is 1. The molecule has 0 saturated carbocycles. The minimum Gasteiger partial charge on any atom is -0.461 e. The maximum Gasteiger partial charge on any atom is 0.338 e. The molecule has 2 rings (SSSR count). The second-order valence-electron chi connectivity index (χ2n) is 4.75. The van der Waals surface area contributed by atoms with Crippen LogP contribution in [0.1, 0.15) is 18.5 Å². The molecule has 0 saturated heterocycles. The number of carbonyl (C=O) groups is 2. The number of rotatable bonds is 5. The van der Waals surface area contributed by atoms with Crippen molar-refractivity contribution in [2.45, 2.75) is 13.0 Å². The molecule has 0 bridgehead atoms. The zero-order valence-electron chi connectivity index (χ0n) is 12.3. The highest BCUT2D eigenvalue weighted by atomic mass is 32.2. The topological polar surface area (TPSA) is 67.4 Å². The molecular formula is C15H17FN2O3S. The summed E-state index contributed by atoms with van der Waals surface area (Å²) < 4.78 is 18.3. The smallest absolute Gasteiger partial charge is 0.338 e. The number of carbonyl (C=O) groups excluding carboxylic acids is 2. The zero-order chi connectivity index (χ0) is 16.1. The Morgan fingerprint density at radius 1 is 1.36 bits per heavy atom. The molecule has 1 aliphatic rings. The maximum atomic E-state index is 13.1. The van der Waals surface area contributed by atoms with Crippen LogP contribution in [-0.4, -0.2) is 30.6 Å². The summed E-state index contributed by atoms with van der Waals surface area (Å²) in [6, 6.07) is 4.58. The molecule has 0 spiro atoms. The Labute approximate surface area is 132 Å². The molecule has 2 amide bonds. The van der Waals surface area contributed by atoms with Gasteiger partial charge >= 0.3 is 12.0 Å². The second-order valence-corrected chi connectivity index (χ2v) is 5.74. The Bertz CT molecular complexity index is 601. The second kappa shape index (κ2) is 7.31. The molecule has 22 heavy (non-hydrogen) atoms. The fraction of sp³-hybridized carbons (Fsp3) is 0.333. The normalized spacial score (nSPS) is 17.8. The highest BCUT2D eigenvalue weighted by molar-refractivity contribution is 7.98. The Kier molecular flexibility index (Phi) is 5.43. The summed E-state index contributed by atoms with van der Waals surface area (Å²) in [5.41, 5.74) is 1.38. The summed E-state index contributed by atoms with van der Waals surface area (Å²) in [5.74, 6) is -0.179. The molecule has 1 aromatic rings. The fourth-order valence-electron chi connectivity index (χ4n) is 2.17. The lowest BCUT2D eigenvalue weighted by Crippen LogP contribution is -2.45. The third kappa shape index (κ3) is 3.79. The van der Waals surface area contributed by atoms with Gasteiger partial charge in [-0.3, -0.25) is 0 Å². The molecule has 0 aromatic heterocycles. The van der Waals surface area contributed by atoms with Crippen molar-refractivity contribution in [3.05, 3.63) is 46.9 Å². The summed E-state index contributed by atoms with van der Waals surface area (Å²) in [6.45, 7) is 1.93. The number of nitrogens with one attached hydrogen (secondary N) is 2. The lowest BCUT2D eigenvalue weighted by atomic mass is 9.95. The van der Waals surface area contributed by atoms with E-state index in [-0.39, 0.29) is 5.82 Å². The van der Waals surface area contributed by atoms with Crippen molar-refractivity contribution in [1.82, 2.24) is 10.6 Å². The number of urea groups is 1. The van der Waals surface area contributed by atoms with Crippen LogP contribution in [0.2, 0.25) is 0 Å². The van der Waals surface area contributed by atoms with Gasteiger partial charge in [-0.2, -0.15) is 11.8 Å². The Balaban J connectivity index is 2.28. The molecule has 1 atom stereocenters. The Morgan fingerprint density at radius 3 is 2.68 bits per heavy atom. The lowest BCUT2D eigenvalue weighted by Gasteiger charge is -2.28. The van der Waals surface area contributed by atoms with Gasteiger partial charge in [-0.1, -0.05) is 12.1 Å². The number of thioether (sulfide) groups is 1. The van der Waals surface area contributed by atoms with Gasteiger partial charge in [0.15, 0.2) is 0 Å². The third-order valence-corrected chi connectivity index (χ3v) is 3.79. The van der Waals surface area contributed by atoms with Crippen LogP contribution in [0.25, 0.3) is 0 Å². The predicted octanol–water partition coefficient (Wildman–Crippen LogP) is 2.36. The van der Waals surface area contributed by atoms with E-state index < -0.39 is 18.0 Å². The van der Waals surface area contributed by atoms with Gasteiger partial charge in [0.2, 0.25) is 0 Å². The van der Waals surface area contributed by atoms with Crippen LogP contribution >= 0.6 is 11.8 Å². The van der Waals surface area contributed by atoms with Crippen molar-refractivity contribution in [1.29, 1.82) is 0 Å². The largest absolute Gasteiger partial charge is 0.461 e. The number of ether oxygens (including phenoxy) is 1. The van der Waals surface area contributed by atoms with Crippen molar-refractivity contribution in [2.75, 3.05) is 18.6 Å². The number of hydrogen-bond acceptors (Lipinski definition) is 4. The zero-order valence-corrected chi connectivity index (χ0v) is 13.1. The van der Waals surface area contributed by atoms with Gasteiger partial charge in [0, 0.05) is 11.4 Å². The molecule has 1 aromatic carbocycles. The van der Waals surface area contributed by atoms with Crippen molar-refractivity contribution >= 4 is 23.8 Å². The van der Waals surface area contributed by atoms with Crippen LogP contribution in [0.5, 0.6) is 0 Å². The van der Waals surface area contributed by atoms with Crippen LogP contribution in [0.15, 0.2) is 35.5 Å². The van der Waals surface area contributed by atoms with Crippen LogP contribution < -0.4 is 10.6 Å². The molecule has 7 heteroatoms. The molecule has 0 aliphatic carbocycles. The first-order chi connectivity index (χ1) is 10.5. The fourth-order valence-corrected chi connectivity index (χ4v) is 2.42. The SMILES string of the molecule is CSCCOC(=O)C1=C(C)NC(=O)N[C@H]1c1ccc(F)cc1. The van der Waals surface area contributed by atoms with Gasteiger partial charge in [-0.15, -0.1) is 0 Å². The number of amides is 2. The summed E-state index contributed by atoms with van der Waals surface area (Å²) in [5, 5.41) is 5.23. The highest BCUT2D eigenvalue weighted by Crippen LogP contribution is 2.27. The van der Waals surface area contributed by atoms with Crippen LogP contribution in [0.3, 0.4) is 0 Å². The van der Waals surface area contributed by atoms with Gasteiger partial charge in [0.25, 0.3) is 0 Å². The van der Waals surface area contributed by atoms with Gasteiger partial charge in [0.1, 0.15) is 12.4 Å². The molecule has 2 N–H and O–H groups in total. The standard InChI is InChI=1S/C15H17FN2O3S/c1-9-12(14(19)21-7-8-22-2)13(18-15(20)17-9)10-3-5-11(16)6-4-10/h3-6,13H,7-8H2,1-2H3,(H2,17,18,20)/t13-/m0/s1. The van der Waals surface area contributed by atoms with Crippen molar-refractivity contribution in [3.8, 4) is 0 Å². The number of allylic oxidation sites excluding steroid dienone is 1. The first kappa shape index (κ1) is 16.4. The monoisotopic (exact) mass is 324 g/mol. The molecule has 1 aliphatic heterocycles. The number of benzene rings is 1. The summed E-state index contributed by atoms with van der Waals surface area (Å²) in [4.78, 5) is 24.0. The van der Waals surface area contributed by atoms with Crippen molar-refractivity contribution in [2.24, 2.45) is 0 Å². The molecule has 0 fully saturated rings. The summed E-state index contributed by atoms with van der Waals surface area (Å²) in [6.07, 6.45) is 1.92. The van der Waals surface area contributed by atoms with Gasteiger partial charge < -0.3 is 15.4 Å². The van der Waals surface area contributed by atoms with E-state index in [4.69, 9.17) is 4.74 Å². The van der Waals surface area contributed by atoms with E-state index in [2.05, 4.69) is 10.6 Å². The van der Waals surface area contributed by atoms with Crippen molar-refractivity contribution in [3.63, 3.8) is 0 Å². The number of hydrogen-bond donors (Lipinski definition) is 2. The molecular weight excluding hydrogens is 307 g/mol. The van der Waals surface area contributed by atoms with Gasteiger partial charge in [-0.05, 0) is 30.9 Å². The van der Waals surface area contributed by atoms with E-state index in [1.165, 1.54) is 24.3 Å². The van der Waals surface area contributed by atoms with E-state index >= 15 is 0 Å². The lowest BCUT2D eigenvalue weighted by molar-refractivity contribution is -0.138. The molecule has 5 nitrogen and oxygen atoms in total. The quantitative estimate of drug-likeness (QED) is 0.644. The van der Waals surface area contributed by atoms with Gasteiger partial charge in [-0.25, -0.2) is 14.0 Å². The first-order valence-corrected chi connectivity index (χ1v) is 8.12. The average molecular weight is 324 g/mol.